The average molecular weight is 512 g/mol. The molecule has 1 N–H and O–H groups in total. The number of anilines is 1. The first-order valence-corrected chi connectivity index (χ1v) is 9.96. The summed E-state index contributed by atoms with van der Waals surface area (Å²) in [5.41, 5.74) is 3.34. The molecule has 2 aromatic carbocycles. The number of aryl methyl sites for hydroxylation is 3. The van der Waals surface area contributed by atoms with Gasteiger partial charge in [0.2, 0.25) is 0 Å². The van der Waals surface area contributed by atoms with Crippen molar-refractivity contribution in [2.75, 3.05) is 5.32 Å². The van der Waals surface area contributed by atoms with Gasteiger partial charge in [-0.15, -0.1) is 0 Å². The molecule has 0 spiro atoms. The Balaban J connectivity index is 1.80. The predicted molar refractivity (Wildman–Crippen MR) is 111 cm³/mol. The van der Waals surface area contributed by atoms with Crippen LogP contribution in [0.2, 0.25) is 0 Å². The van der Waals surface area contributed by atoms with Crippen molar-refractivity contribution in [2.45, 2.75) is 27.4 Å². The minimum Gasteiger partial charge on any atom is -0.489 e. The van der Waals surface area contributed by atoms with Gasteiger partial charge in [0.15, 0.2) is 5.69 Å². The monoisotopic (exact) mass is 510 g/mol. The maximum absolute atomic E-state index is 13.4. The summed E-state index contributed by atoms with van der Waals surface area (Å²) in [6, 6.07) is 8.31. The fraction of sp³-hybridized carbons (Fsp3) is 0.200. The standard InChI is InChI=1S/C20H17Br2FN2O3/c1-10-4-5-14(6-11(10)2)27-9-15-12(3)28-25-18(15)20(26)24-19-16(21)7-13(23)8-17(19)22/h4-8H,9H2,1-3H3,(H,24,26). The molecule has 8 heteroatoms. The molecular weight excluding hydrogens is 495 g/mol. The van der Waals surface area contributed by atoms with E-state index in [1.165, 1.54) is 17.7 Å². The summed E-state index contributed by atoms with van der Waals surface area (Å²) in [5.74, 6) is 0.269. The van der Waals surface area contributed by atoms with Crippen molar-refractivity contribution in [1.82, 2.24) is 5.16 Å². The number of hydrogen-bond acceptors (Lipinski definition) is 4. The van der Waals surface area contributed by atoms with E-state index in [0.29, 0.717) is 31.7 Å². The Bertz CT molecular complexity index is 1030. The van der Waals surface area contributed by atoms with Crippen LogP contribution in [0.5, 0.6) is 5.75 Å². The van der Waals surface area contributed by atoms with Crippen LogP contribution in [0.25, 0.3) is 0 Å². The first-order valence-electron chi connectivity index (χ1n) is 8.37. The Morgan fingerprint density at radius 2 is 1.82 bits per heavy atom. The molecule has 0 aliphatic rings. The Morgan fingerprint density at radius 1 is 1.14 bits per heavy atom. The van der Waals surface area contributed by atoms with Crippen LogP contribution in [0.3, 0.4) is 0 Å². The highest BCUT2D eigenvalue weighted by Crippen LogP contribution is 2.32. The molecule has 0 bridgehead atoms. The van der Waals surface area contributed by atoms with Gasteiger partial charge < -0.3 is 14.6 Å². The van der Waals surface area contributed by atoms with Gasteiger partial charge in [0.25, 0.3) is 5.91 Å². The van der Waals surface area contributed by atoms with Gasteiger partial charge in [-0.3, -0.25) is 4.79 Å². The minimum absolute atomic E-state index is 0.115. The number of nitrogens with zero attached hydrogens (tertiary/aromatic N) is 1. The molecule has 0 unspecified atom stereocenters. The lowest BCUT2D eigenvalue weighted by Crippen LogP contribution is -2.16. The quantitative estimate of drug-likeness (QED) is 0.449. The van der Waals surface area contributed by atoms with E-state index < -0.39 is 11.7 Å². The van der Waals surface area contributed by atoms with Crippen LogP contribution in [-0.2, 0) is 6.61 Å². The summed E-state index contributed by atoms with van der Waals surface area (Å²) in [4.78, 5) is 12.7. The molecular formula is C20H17Br2FN2O3. The molecule has 0 atom stereocenters. The van der Waals surface area contributed by atoms with E-state index in [0.717, 1.165) is 5.56 Å². The zero-order chi connectivity index (χ0) is 20.4. The zero-order valence-corrected chi connectivity index (χ0v) is 18.6. The Kier molecular flexibility index (Phi) is 6.20. The van der Waals surface area contributed by atoms with Crippen molar-refractivity contribution < 1.29 is 18.4 Å². The molecule has 5 nitrogen and oxygen atoms in total. The van der Waals surface area contributed by atoms with Crippen LogP contribution in [0, 0.1) is 26.6 Å². The van der Waals surface area contributed by atoms with Crippen LogP contribution >= 0.6 is 31.9 Å². The summed E-state index contributed by atoms with van der Waals surface area (Å²) in [6.45, 7) is 5.88. The number of rotatable bonds is 5. The summed E-state index contributed by atoms with van der Waals surface area (Å²) in [7, 11) is 0. The maximum atomic E-state index is 13.4. The van der Waals surface area contributed by atoms with Crippen LogP contribution in [0.1, 0.15) is 32.9 Å². The number of carbonyl (C=O) groups excluding carboxylic acids is 1. The van der Waals surface area contributed by atoms with Gasteiger partial charge in [0.1, 0.15) is 23.9 Å². The lowest BCUT2D eigenvalue weighted by atomic mass is 10.1. The Hall–Kier alpha value is -2.19. The number of aromatic nitrogens is 1. The van der Waals surface area contributed by atoms with Crippen molar-refractivity contribution in [3.05, 3.63) is 73.2 Å². The van der Waals surface area contributed by atoms with Crippen molar-refractivity contribution in [2.24, 2.45) is 0 Å². The molecule has 1 amide bonds. The smallest absolute Gasteiger partial charge is 0.278 e. The van der Waals surface area contributed by atoms with Crippen molar-refractivity contribution in [3.63, 3.8) is 0 Å². The van der Waals surface area contributed by atoms with E-state index in [-0.39, 0.29) is 12.3 Å². The zero-order valence-electron chi connectivity index (χ0n) is 15.4. The summed E-state index contributed by atoms with van der Waals surface area (Å²) in [6.07, 6.45) is 0. The molecule has 0 saturated heterocycles. The van der Waals surface area contributed by atoms with E-state index in [2.05, 4.69) is 42.3 Å². The summed E-state index contributed by atoms with van der Waals surface area (Å²) in [5, 5.41) is 6.57. The molecule has 3 rings (SSSR count). The van der Waals surface area contributed by atoms with Gasteiger partial charge >= 0.3 is 0 Å². The third-order valence-corrected chi connectivity index (χ3v) is 5.56. The normalized spacial score (nSPS) is 10.8. The van der Waals surface area contributed by atoms with E-state index in [1.807, 2.05) is 32.0 Å². The first kappa shape index (κ1) is 20.5. The van der Waals surface area contributed by atoms with Gasteiger partial charge in [-0.25, -0.2) is 4.39 Å². The van der Waals surface area contributed by atoms with Crippen LogP contribution in [0.15, 0.2) is 43.8 Å². The molecule has 28 heavy (non-hydrogen) atoms. The molecule has 0 fully saturated rings. The fourth-order valence-electron chi connectivity index (χ4n) is 2.53. The number of hydrogen-bond donors (Lipinski definition) is 1. The molecule has 1 heterocycles. The number of amides is 1. The maximum Gasteiger partial charge on any atom is 0.278 e. The topological polar surface area (TPSA) is 64.4 Å². The number of carbonyl (C=O) groups is 1. The largest absolute Gasteiger partial charge is 0.489 e. The number of halogens is 3. The second-order valence-corrected chi connectivity index (χ2v) is 8.01. The van der Waals surface area contributed by atoms with Gasteiger partial charge in [0.05, 0.1) is 11.3 Å². The van der Waals surface area contributed by atoms with Gasteiger partial charge in [0, 0.05) is 8.95 Å². The highest BCUT2D eigenvalue weighted by atomic mass is 79.9. The minimum atomic E-state index is -0.483. The van der Waals surface area contributed by atoms with Gasteiger partial charge in [-0.05, 0) is 88.0 Å². The molecule has 0 radical (unpaired) electrons. The highest BCUT2D eigenvalue weighted by Gasteiger charge is 2.22. The fourth-order valence-corrected chi connectivity index (χ4v) is 3.86. The highest BCUT2D eigenvalue weighted by molar-refractivity contribution is 9.11. The van der Waals surface area contributed by atoms with Crippen molar-refractivity contribution >= 4 is 43.5 Å². The second kappa shape index (κ2) is 8.45. The molecule has 0 saturated carbocycles. The number of nitrogens with one attached hydrogen (secondary N) is 1. The number of benzene rings is 2. The third-order valence-electron chi connectivity index (χ3n) is 4.31. The Morgan fingerprint density at radius 3 is 2.46 bits per heavy atom. The predicted octanol–water partition coefficient (Wildman–Crippen LogP) is 6.10. The van der Waals surface area contributed by atoms with Crippen LogP contribution < -0.4 is 10.1 Å². The van der Waals surface area contributed by atoms with E-state index in [4.69, 9.17) is 9.26 Å². The Labute approximate surface area is 178 Å². The van der Waals surface area contributed by atoms with E-state index >= 15 is 0 Å². The lowest BCUT2D eigenvalue weighted by molar-refractivity contribution is 0.101. The van der Waals surface area contributed by atoms with Crippen LogP contribution in [-0.4, -0.2) is 11.1 Å². The third kappa shape index (κ3) is 4.44. The molecule has 146 valence electrons. The van der Waals surface area contributed by atoms with Crippen molar-refractivity contribution in [1.29, 1.82) is 0 Å². The molecule has 3 aromatic rings. The van der Waals surface area contributed by atoms with Crippen LogP contribution in [0.4, 0.5) is 10.1 Å². The van der Waals surface area contributed by atoms with E-state index in [9.17, 15) is 9.18 Å². The summed E-state index contributed by atoms with van der Waals surface area (Å²) >= 11 is 6.49. The first-order chi connectivity index (χ1) is 13.3. The van der Waals surface area contributed by atoms with Crippen molar-refractivity contribution in [3.8, 4) is 5.75 Å². The van der Waals surface area contributed by atoms with Gasteiger partial charge in [-0.1, -0.05) is 11.2 Å². The van der Waals surface area contributed by atoms with E-state index in [1.54, 1.807) is 6.92 Å². The average Bonchev–Trinajstić information content (AvgIpc) is 2.99. The van der Waals surface area contributed by atoms with Gasteiger partial charge in [-0.2, -0.15) is 0 Å². The molecule has 0 aliphatic heterocycles. The SMILES string of the molecule is Cc1ccc(OCc2c(C(=O)Nc3c(Br)cc(F)cc3Br)noc2C)cc1C. The molecule has 0 aliphatic carbocycles. The number of ether oxygens (including phenoxy) is 1. The molecule has 1 aromatic heterocycles. The summed E-state index contributed by atoms with van der Waals surface area (Å²) < 4.78 is 25.3. The second-order valence-electron chi connectivity index (χ2n) is 6.30. The lowest BCUT2D eigenvalue weighted by Gasteiger charge is -2.11.